The Hall–Kier alpha value is -1.56. The molecule has 0 aliphatic carbocycles. The minimum absolute atomic E-state index is 0.482. The second-order valence-electron chi connectivity index (χ2n) is 7.32. The molecule has 0 fully saturated rings. The largest absolute Gasteiger partial charge is 0.0879 e. The van der Waals surface area contributed by atoms with Crippen molar-refractivity contribution in [3.05, 3.63) is 60.2 Å². The standard InChI is InChI=1S/C24H34/c1-4-5-6-7-13-20(2)14-8-9-15-21(3)23-19-12-17-22-16-10-11-18-24(22)23/h9-12,15-21H,4-8,13-14H2,1-3H3/b15-9-/t20-,21+/m1/s1. The summed E-state index contributed by atoms with van der Waals surface area (Å²) in [5.74, 6) is 1.34. The average molecular weight is 323 g/mol. The molecule has 0 aliphatic heterocycles. The zero-order valence-corrected chi connectivity index (χ0v) is 15.8. The highest BCUT2D eigenvalue weighted by molar-refractivity contribution is 5.86. The summed E-state index contributed by atoms with van der Waals surface area (Å²) < 4.78 is 0. The van der Waals surface area contributed by atoms with Crippen LogP contribution in [0.25, 0.3) is 10.8 Å². The minimum Gasteiger partial charge on any atom is -0.0879 e. The van der Waals surface area contributed by atoms with Gasteiger partial charge in [-0.2, -0.15) is 0 Å². The van der Waals surface area contributed by atoms with Gasteiger partial charge in [0.05, 0.1) is 0 Å². The maximum Gasteiger partial charge on any atom is -0.000429 e. The number of benzene rings is 2. The first-order valence-corrected chi connectivity index (χ1v) is 9.86. The summed E-state index contributed by atoms with van der Waals surface area (Å²) in [6, 6.07) is 15.4. The lowest BCUT2D eigenvalue weighted by molar-refractivity contribution is 0.463. The Morgan fingerprint density at radius 1 is 0.875 bits per heavy atom. The lowest BCUT2D eigenvalue weighted by Crippen LogP contribution is -1.94. The summed E-state index contributed by atoms with van der Waals surface area (Å²) in [5, 5.41) is 2.73. The molecule has 0 heteroatoms. The van der Waals surface area contributed by atoms with Crippen LogP contribution in [0.15, 0.2) is 54.6 Å². The Morgan fingerprint density at radius 3 is 2.50 bits per heavy atom. The molecule has 130 valence electrons. The van der Waals surface area contributed by atoms with E-state index < -0.39 is 0 Å². The highest BCUT2D eigenvalue weighted by Crippen LogP contribution is 2.26. The number of hydrogen-bond donors (Lipinski definition) is 0. The highest BCUT2D eigenvalue weighted by Gasteiger charge is 2.06. The molecule has 0 bridgehead atoms. The van der Waals surface area contributed by atoms with Crippen LogP contribution in [0.3, 0.4) is 0 Å². The second-order valence-corrected chi connectivity index (χ2v) is 7.32. The van der Waals surface area contributed by atoms with Gasteiger partial charge in [0.25, 0.3) is 0 Å². The second kappa shape index (κ2) is 10.3. The summed E-state index contributed by atoms with van der Waals surface area (Å²) in [7, 11) is 0. The van der Waals surface area contributed by atoms with E-state index in [0.29, 0.717) is 5.92 Å². The van der Waals surface area contributed by atoms with Gasteiger partial charge in [-0.05, 0) is 41.0 Å². The Morgan fingerprint density at radius 2 is 1.67 bits per heavy atom. The van der Waals surface area contributed by atoms with Crippen molar-refractivity contribution in [3.8, 4) is 0 Å². The topological polar surface area (TPSA) is 0 Å². The van der Waals surface area contributed by atoms with Gasteiger partial charge in [-0.3, -0.25) is 0 Å². The molecule has 24 heavy (non-hydrogen) atoms. The molecule has 0 heterocycles. The SMILES string of the molecule is CCCCCC[C@@H](C)CC/C=C\[C@H](C)c1cccc2ccccc12. The third-order valence-corrected chi connectivity index (χ3v) is 5.12. The van der Waals surface area contributed by atoms with Crippen molar-refractivity contribution in [2.24, 2.45) is 5.92 Å². The van der Waals surface area contributed by atoms with Gasteiger partial charge in [0.2, 0.25) is 0 Å². The molecule has 0 saturated carbocycles. The van der Waals surface area contributed by atoms with Crippen LogP contribution in [0.1, 0.15) is 77.2 Å². The fourth-order valence-corrected chi connectivity index (χ4v) is 3.50. The third kappa shape index (κ3) is 5.82. The molecule has 0 aromatic heterocycles. The minimum atomic E-state index is 0.482. The number of allylic oxidation sites excluding steroid dienone is 2. The summed E-state index contributed by atoms with van der Waals surface area (Å²) in [5.41, 5.74) is 1.44. The van der Waals surface area contributed by atoms with E-state index in [4.69, 9.17) is 0 Å². The van der Waals surface area contributed by atoms with Crippen molar-refractivity contribution >= 4 is 10.8 Å². The number of hydrogen-bond acceptors (Lipinski definition) is 0. The molecule has 0 amide bonds. The van der Waals surface area contributed by atoms with Gasteiger partial charge in [-0.1, -0.05) is 107 Å². The molecular formula is C24H34. The fourth-order valence-electron chi connectivity index (χ4n) is 3.50. The maximum absolute atomic E-state index is 2.41. The molecule has 0 spiro atoms. The normalized spacial score (nSPS) is 14.3. The van der Waals surface area contributed by atoms with Crippen LogP contribution >= 0.6 is 0 Å². The molecule has 0 aliphatic rings. The van der Waals surface area contributed by atoms with Crippen LogP contribution in [-0.2, 0) is 0 Å². The molecule has 2 aromatic rings. The van der Waals surface area contributed by atoms with Crippen molar-refractivity contribution in [3.63, 3.8) is 0 Å². The van der Waals surface area contributed by atoms with Crippen molar-refractivity contribution in [2.45, 2.75) is 71.6 Å². The Balaban J connectivity index is 1.81. The van der Waals surface area contributed by atoms with Crippen molar-refractivity contribution in [2.75, 3.05) is 0 Å². The van der Waals surface area contributed by atoms with Gasteiger partial charge >= 0.3 is 0 Å². The molecule has 0 nitrogen and oxygen atoms in total. The summed E-state index contributed by atoms with van der Waals surface area (Å²) >= 11 is 0. The molecule has 2 atom stereocenters. The van der Waals surface area contributed by atoms with Crippen LogP contribution < -0.4 is 0 Å². The van der Waals surface area contributed by atoms with E-state index in [2.05, 4.69) is 75.4 Å². The van der Waals surface area contributed by atoms with Gasteiger partial charge in [-0.15, -0.1) is 0 Å². The summed E-state index contributed by atoms with van der Waals surface area (Å²) in [4.78, 5) is 0. The lowest BCUT2D eigenvalue weighted by atomic mass is 9.93. The zero-order chi connectivity index (χ0) is 17.2. The lowest BCUT2D eigenvalue weighted by Gasteiger charge is -2.12. The van der Waals surface area contributed by atoms with Gasteiger partial charge in [0.1, 0.15) is 0 Å². The molecule has 0 saturated heterocycles. The van der Waals surface area contributed by atoms with Gasteiger partial charge in [0, 0.05) is 0 Å². The van der Waals surface area contributed by atoms with Crippen LogP contribution in [0.2, 0.25) is 0 Å². The molecule has 2 aromatic carbocycles. The number of unbranched alkanes of at least 4 members (excludes halogenated alkanes) is 3. The molecule has 0 radical (unpaired) electrons. The first-order valence-electron chi connectivity index (χ1n) is 9.86. The van der Waals surface area contributed by atoms with Gasteiger partial charge < -0.3 is 0 Å². The first kappa shape index (κ1) is 18.8. The van der Waals surface area contributed by atoms with Crippen molar-refractivity contribution < 1.29 is 0 Å². The van der Waals surface area contributed by atoms with Crippen LogP contribution in [0.5, 0.6) is 0 Å². The van der Waals surface area contributed by atoms with Crippen molar-refractivity contribution in [1.29, 1.82) is 0 Å². The Bertz CT molecular complexity index is 617. The quantitative estimate of drug-likeness (QED) is 0.308. The van der Waals surface area contributed by atoms with E-state index in [0.717, 1.165) is 5.92 Å². The molecule has 0 N–H and O–H groups in total. The van der Waals surface area contributed by atoms with E-state index >= 15 is 0 Å². The Labute approximate surface area is 149 Å². The monoisotopic (exact) mass is 322 g/mol. The molecular weight excluding hydrogens is 288 g/mol. The summed E-state index contributed by atoms with van der Waals surface area (Å²) in [6.45, 7) is 7.01. The van der Waals surface area contributed by atoms with Crippen molar-refractivity contribution in [1.82, 2.24) is 0 Å². The zero-order valence-electron chi connectivity index (χ0n) is 15.8. The highest BCUT2D eigenvalue weighted by atomic mass is 14.1. The Kier molecular flexibility index (Phi) is 8.08. The van der Waals surface area contributed by atoms with E-state index in [1.54, 1.807) is 0 Å². The number of fused-ring (bicyclic) bond motifs is 1. The summed E-state index contributed by atoms with van der Waals surface area (Å²) in [6.07, 6.45) is 14.3. The van der Waals surface area contributed by atoms with Gasteiger partial charge in [-0.25, -0.2) is 0 Å². The van der Waals surface area contributed by atoms with Crippen LogP contribution in [0, 0.1) is 5.92 Å². The predicted octanol–water partition coefficient (Wildman–Crippen LogP) is 7.89. The predicted molar refractivity (Wildman–Crippen MR) is 109 cm³/mol. The first-order chi connectivity index (χ1) is 11.7. The van der Waals surface area contributed by atoms with E-state index in [-0.39, 0.29) is 0 Å². The fraction of sp³-hybridized carbons (Fsp3) is 0.500. The molecule has 2 rings (SSSR count). The van der Waals surface area contributed by atoms with Gasteiger partial charge in [0.15, 0.2) is 0 Å². The maximum atomic E-state index is 2.41. The molecule has 0 unspecified atom stereocenters. The van der Waals surface area contributed by atoms with E-state index in [1.807, 2.05) is 0 Å². The van der Waals surface area contributed by atoms with Crippen LogP contribution in [-0.4, -0.2) is 0 Å². The third-order valence-electron chi connectivity index (χ3n) is 5.12. The smallest absolute Gasteiger partial charge is 0.000429 e. The van der Waals surface area contributed by atoms with Crippen LogP contribution in [0.4, 0.5) is 0 Å². The van der Waals surface area contributed by atoms with E-state index in [9.17, 15) is 0 Å². The average Bonchev–Trinajstić information content (AvgIpc) is 2.61. The van der Waals surface area contributed by atoms with E-state index in [1.165, 1.54) is 61.3 Å². The number of rotatable bonds is 10.